The van der Waals surface area contributed by atoms with Gasteiger partial charge in [0.1, 0.15) is 17.1 Å². The summed E-state index contributed by atoms with van der Waals surface area (Å²) in [4.78, 5) is 32.3. The summed E-state index contributed by atoms with van der Waals surface area (Å²) < 4.78 is 35.0. The van der Waals surface area contributed by atoms with Gasteiger partial charge in [-0.1, -0.05) is 13.3 Å². The lowest BCUT2D eigenvalue weighted by molar-refractivity contribution is -0.120. The quantitative estimate of drug-likeness (QED) is 0.487. The van der Waals surface area contributed by atoms with Gasteiger partial charge < -0.3 is 9.72 Å². The van der Waals surface area contributed by atoms with Crippen LogP contribution in [0.3, 0.4) is 0 Å². The number of benzene rings is 1. The van der Waals surface area contributed by atoms with Crippen molar-refractivity contribution in [3.8, 4) is 17.1 Å². The minimum atomic E-state index is -4.09. The van der Waals surface area contributed by atoms with E-state index in [1.54, 1.807) is 11.6 Å². The number of rotatable bonds is 9. The maximum Gasteiger partial charge on any atom is 0.277 e. The number of ether oxygens (including phenoxy) is 1. The summed E-state index contributed by atoms with van der Waals surface area (Å²) in [7, 11) is -4.09. The lowest BCUT2D eigenvalue weighted by atomic mass is 10.1. The Kier molecular flexibility index (Phi) is 6.24. The molecule has 0 saturated heterocycles. The number of nitrogens with zero attached hydrogens (tertiary/aromatic N) is 3. The van der Waals surface area contributed by atoms with E-state index in [4.69, 9.17) is 4.74 Å². The molecule has 4 rings (SSSR count). The smallest absolute Gasteiger partial charge is 0.277 e. The predicted octanol–water partition coefficient (Wildman–Crippen LogP) is 2.37. The number of aromatic nitrogens is 4. The van der Waals surface area contributed by atoms with Gasteiger partial charge in [-0.3, -0.25) is 14.3 Å². The first-order valence-electron chi connectivity index (χ1n) is 11.1. The summed E-state index contributed by atoms with van der Waals surface area (Å²) in [5, 5.41) is 4.52. The number of hydrogen-bond acceptors (Lipinski definition) is 7. The zero-order chi connectivity index (χ0) is 23.8. The van der Waals surface area contributed by atoms with Crippen LogP contribution in [0.5, 0.6) is 5.75 Å². The normalized spacial score (nSPS) is 13.9. The van der Waals surface area contributed by atoms with Crippen LogP contribution in [-0.2, 0) is 27.8 Å². The van der Waals surface area contributed by atoms with E-state index < -0.39 is 15.9 Å². The highest BCUT2D eigenvalue weighted by molar-refractivity contribution is 7.90. The zero-order valence-corrected chi connectivity index (χ0v) is 19.7. The fourth-order valence-electron chi connectivity index (χ4n) is 3.68. The molecule has 10 nitrogen and oxygen atoms in total. The molecule has 0 spiro atoms. The highest BCUT2D eigenvalue weighted by Crippen LogP contribution is 2.32. The maximum atomic E-state index is 13.0. The number of hydrogen-bond donors (Lipinski definition) is 2. The molecule has 11 heteroatoms. The molecule has 1 aromatic carbocycles. The Morgan fingerprint density at radius 2 is 2.03 bits per heavy atom. The average Bonchev–Trinajstić information content (AvgIpc) is 3.57. The van der Waals surface area contributed by atoms with E-state index in [0.717, 1.165) is 6.42 Å². The van der Waals surface area contributed by atoms with Crippen molar-refractivity contribution in [2.75, 3.05) is 6.61 Å². The van der Waals surface area contributed by atoms with Gasteiger partial charge in [-0.15, -0.1) is 0 Å². The van der Waals surface area contributed by atoms with Crippen molar-refractivity contribution in [3.05, 3.63) is 34.2 Å². The van der Waals surface area contributed by atoms with Crippen LogP contribution in [-0.4, -0.2) is 40.7 Å². The number of sulfonamides is 1. The number of fused-ring (bicyclic) bond motifs is 1. The number of amides is 1. The minimum Gasteiger partial charge on any atom is -0.493 e. The summed E-state index contributed by atoms with van der Waals surface area (Å²) in [5.74, 6) is -0.217. The Labute approximate surface area is 191 Å². The van der Waals surface area contributed by atoms with E-state index in [-0.39, 0.29) is 22.2 Å². The molecule has 3 aromatic rings. The highest BCUT2D eigenvalue weighted by Gasteiger charge is 2.33. The third kappa shape index (κ3) is 4.50. The molecule has 2 heterocycles. The van der Waals surface area contributed by atoms with E-state index >= 15 is 0 Å². The van der Waals surface area contributed by atoms with Gasteiger partial charge in [0.05, 0.1) is 22.8 Å². The molecule has 2 aromatic heterocycles. The molecule has 0 unspecified atom stereocenters. The predicted molar refractivity (Wildman–Crippen MR) is 122 cm³/mol. The molecule has 1 aliphatic rings. The molecule has 33 heavy (non-hydrogen) atoms. The number of H-pyrrole nitrogens is 1. The van der Waals surface area contributed by atoms with Crippen molar-refractivity contribution < 1.29 is 17.9 Å². The van der Waals surface area contributed by atoms with Crippen LogP contribution in [0.15, 0.2) is 27.9 Å². The molecule has 0 radical (unpaired) electrons. The molecule has 1 aliphatic carbocycles. The fourth-order valence-corrected chi connectivity index (χ4v) is 4.74. The summed E-state index contributed by atoms with van der Waals surface area (Å²) >= 11 is 0. The van der Waals surface area contributed by atoms with Crippen molar-refractivity contribution in [2.24, 2.45) is 5.92 Å². The Morgan fingerprint density at radius 3 is 2.67 bits per heavy atom. The van der Waals surface area contributed by atoms with Crippen LogP contribution >= 0.6 is 0 Å². The summed E-state index contributed by atoms with van der Waals surface area (Å²) in [6.45, 7) is 6.56. The lowest BCUT2D eigenvalue weighted by Gasteiger charge is -2.13. The molecule has 1 amide bonds. The monoisotopic (exact) mass is 473 g/mol. The number of aromatic amines is 1. The van der Waals surface area contributed by atoms with E-state index in [1.807, 2.05) is 13.8 Å². The van der Waals surface area contributed by atoms with E-state index in [2.05, 4.69) is 19.8 Å². The van der Waals surface area contributed by atoms with Gasteiger partial charge in [0.2, 0.25) is 5.91 Å². The Morgan fingerprint density at radius 1 is 1.27 bits per heavy atom. The van der Waals surface area contributed by atoms with Gasteiger partial charge in [-0.05, 0) is 51.3 Å². The lowest BCUT2D eigenvalue weighted by Crippen LogP contribution is -2.31. The SMILES string of the molecule is CCCc1nn(CC)c2c(=O)[nH]c(-c3cc(S(=O)(=O)NC(=O)C4CC4)ccc3OCC)nc12. The Bertz CT molecular complexity index is 1370. The van der Waals surface area contributed by atoms with E-state index in [9.17, 15) is 18.0 Å². The third-order valence-electron chi connectivity index (χ3n) is 5.45. The van der Waals surface area contributed by atoms with E-state index in [1.165, 1.54) is 18.2 Å². The van der Waals surface area contributed by atoms with Crippen LogP contribution in [0.4, 0.5) is 0 Å². The number of aryl methyl sites for hydroxylation is 2. The van der Waals surface area contributed by atoms with Crippen LogP contribution in [0.2, 0.25) is 0 Å². The number of nitrogens with one attached hydrogen (secondary N) is 2. The first kappa shape index (κ1) is 23.0. The standard InChI is InChI=1S/C22H27N5O5S/c1-4-7-16-18-19(27(5-2)25-16)22(29)24-20(23-18)15-12-14(10-11-17(15)32-6-3)33(30,31)26-21(28)13-8-9-13/h10-13H,4-9H2,1-3H3,(H,26,28)(H,23,24,29). The number of carbonyl (C=O) groups excluding carboxylic acids is 1. The van der Waals surface area contributed by atoms with Gasteiger partial charge in [0.15, 0.2) is 5.52 Å². The first-order valence-corrected chi connectivity index (χ1v) is 12.6. The van der Waals surface area contributed by atoms with Crippen molar-refractivity contribution in [2.45, 2.75) is 57.9 Å². The molecule has 1 fully saturated rings. The van der Waals surface area contributed by atoms with Gasteiger partial charge >= 0.3 is 0 Å². The van der Waals surface area contributed by atoms with Crippen molar-refractivity contribution in [1.82, 2.24) is 24.5 Å². The topological polar surface area (TPSA) is 136 Å². The van der Waals surface area contributed by atoms with Gasteiger partial charge in [-0.2, -0.15) is 5.10 Å². The molecule has 0 atom stereocenters. The van der Waals surface area contributed by atoms with Gasteiger partial charge in [-0.25, -0.2) is 18.1 Å². The molecular formula is C22H27N5O5S. The van der Waals surface area contributed by atoms with Gasteiger partial charge in [0, 0.05) is 12.5 Å². The van der Waals surface area contributed by atoms with Crippen LogP contribution in [0, 0.1) is 5.92 Å². The second-order valence-electron chi connectivity index (χ2n) is 7.96. The largest absolute Gasteiger partial charge is 0.493 e. The number of carbonyl (C=O) groups is 1. The molecule has 1 saturated carbocycles. The van der Waals surface area contributed by atoms with Crippen LogP contribution in [0.1, 0.15) is 45.7 Å². The van der Waals surface area contributed by atoms with Gasteiger partial charge in [0.25, 0.3) is 15.6 Å². The zero-order valence-electron chi connectivity index (χ0n) is 18.8. The van der Waals surface area contributed by atoms with Crippen LogP contribution in [0.25, 0.3) is 22.4 Å². The second-order valence-corrected chi connectivity index (χ2v) is 9.64. The third-order valence-corrected chi connectivity index (χ3v) is 6.80. The van der Waals surface area contributed by atoms with Crippen LogP contribution < -0.4 is 15.0 Å². The molecule has 0 aliphatic heterocycles. The maximum absolute atomic E-state index is 13.0. The van der Waals surface area contributed by atoms with Crippen molar-refractivity contribution >= 4 is 27.0 Å². The molecule has 2 N–H and O–H groups in total. The molecule has 176 valence electrons. The fraction of sp³-hybridized carbons (Fsp3) is 0.455. The van der Waals surface area contributed by atoms with Crippen molar-refractivity contribution in [1.29, 1.82) is 0 Å². The molecular weight excluding hydrogens is 446 g/mol. The summed E-state index contributed by atoms with van der Waals surface area (Å²) in [6.07, 6.45) is 2.86. The minimum absolute atomic E-state index is 0.115. The second kappa shape index (κ2) is 8.97. The first-order chi connectivity index (χ1) is 15.8. The summed E-state index contributed by atoms with van der Waals surface area (Å²) in [5.41, 5.74) is 1.51. The Hall–Kier alpha value is -3.21. The van der Waals surface area contributed by atoms with E-state index in [0.29, 0.717) is 60.5 Å². The Balaban J connectivity index is 1.86. The summed E-state index contributed by atoms with van der Waals surface area (Å²) in [6, 6.07) is 4.23. The van der Waals surface area contributed by atoms with Crippen molar-refractivity contribution in [3.63, 3.8) is 0 Å². The molecule has 0 bridgehead atoms. The average molecular weight is 474 g/mol. The highest BCUT2D eigenvalue weighted by atomic mass is 32.2.